The first kappa shape index (κ1) is 28.0. The van der Waals surface area contributed by atoms with Crippen molar-refractivity contribution in [2.75, 3.05) is 0 Å². The minimum atomic E-state index is -1.78. The van der Waals surface area contributed by atoms with Crippen LogP contribution in [0.15, 0.2) is 0 Å². The molecule has 0 amide bonds. The van der Waals surface area contributed by atoms with Gasteiger partial charge in [-0.25, -0.2) is 0 Å². The maximum Gasteiger partial charge on any atom is 1.00 e. The third-order valence-electron chi connectivity index (χ3n) is 10.8. The van der Waals surface area contributed by atoms with Crippen LogP contribution in [0.25, 0.3) is 0 Å². The van der Waals surface area contributed by atoms with Gasteiger partial charge in [-0.2, -0.15) is 0 Å². The molecule has 4 aliphatic carbocycles. The summed E-state index contributed by atoms with van der Waals surface area (Å²) in [5.41, 5.74) is 0.0239. The van der Waals surface area contributed by atoms with E-state index in [9.17, 15) is 30.0 Å². The van der Waals surface area contributed by atoms with Crippen LogP contribution in [-0.2, 0) is 19.1 Å². The zero-order valence-corrected chi connectivity index (χ0v) is 23.4. The minimum Gasteiger partial charge on any atom is -0.547 e. The van der Waals surface area contributed by atoms with E-state index in [2.05, 4.69) is 20.8 Å². The summed E-state index contributed by atoms with van der Waals surface area (Å²) in [5.74, 6) is 1.09. The van der Waals surface area contributed by atoms with E-state index in [4.69, 9.17) is 9.47 Å². The van der Waals surface area contributed by atoms with Crippen LogP contribution in [0, 0.1) is 40.4 Å². The Morgan fingerprint density at radius 2 is 1.77 bits per heavy atom. The van der Waals surface area contributed by atoms with E-state index < -0.39 is 36.7 Å². The number of carboxylic acids is 1. The third-order valence-corrected chi connectivity index (χ3v) is 10.8. The molecule has 0 spiro atoms. The summed E-state index contributed by atoms with van der Waals surface area (Å²) in [6.07, 6.45) is -0.575. The second-order valence-corrected chi connectivity index (χ2v) is 12.4. The molecule has 4 saturated carbocycles. The van der Waals surface area contributed by atoms with Gasteiger partial charge in [0.15, 0.2) is 6.29 Å². The number of carboxylic acid groups (broad SMARTS) is 1. The number of ether oxygens (including phenoxy) is 2. The molecule has 8 nitrogen and oxygen atoms in total. The number of hydrogen-bond acceptors (Lipinski definition) is 8. The number of rotatable bonds is 3. The summed E-state index contributed by atoms with van der Waals surface area (Å²) in [6.45, 7) is 6.74. The molecule has 1 heterocycles. The van der Waals surface area contributed by atoms with E-state index in [-0.39, 0.29) is 52.4 Å². The number of aliphatic hydroxyl groups excluding tert-OH is 3. The average Bonchev–Trinajstić information content (AvgIpc) is 3.09. The Morgan fingerprint density at radius 3 is 2.46 bits per heavy atom. The summed E-state index contributed by atoms with van der Waals surface area (Å²) in [6, 6.07) is 0. The number of fused-ring (bicyclic) bond motifs is 5. The zero-order valence-electron chi connectivity index (χ0n) is 21.4. The van der Waals surface area contributed by atoms with Crippen molar-refractivity contribution < 1.29 is 69.0 Å². The van der Waals surface area contributed by atoms with Gasteiger partial charge in [0.2, 0.25) is 0 Å². The predicted octanol–water partition coefficient (Wildman–Crippen LogP) is -2.21. The molecule has 1 saturated heterocycles. The van der Waals surface area contributed by atoms with Gasteiger partial charge in [-0.05, 0) is 80.0 Å². The normalized spacial score (nSPS) is 53.7. The Hall–Kier alpha value is -0.0600. The van der Waals surface area contributed by atoms with Gasteiger partial charge < -0.3 is 34.7 Å². The van der Waals surface area contributed by atoms with Gasteiger partial charge in [0, 0.05) is 11.8 Å². The zero-order chi connectivity index (χ0) is 24.6. The van der Waals surface area contributed by atoms with Crippen LogP contribution in [0.5, 0.6) is 0 Å². The molecular formula is C26H39NaO8. The van der Waals surface area contributed by atoms with Crippen LogP contribution >= 0.6 is 0 Å². The number of Topliss-reactive ketones (excluding diaryl/α,β-unsaturated/α-hetero) is 1. The second-order valence-electron chi connectivity index (χ2n) is 12.4. The van der Waals surface area contributed by atoms with E-state index in [1.807, 2.05) is 0 Å². The number of carbonyl (C=O) groups is 2. The largest absolute Gasteiger partial charge is 1.00 e. The summed E-state index contributed by atoms with van der Waals surface area (Å²) in [7, 11) is 0. The third kappa shape index (κ3) is 4.38. The standard InChI is InChI=1S/C26H40O8.Na/c1-12-11-26(3)13(4-5-14-15-6-7-18(27)25(15,2)9-8-16(14)26)10-17(12)33-24-21(30)19(28)20(29)22(34-24)23(31)32;/h12-17,19-22,24,28-30H,4-11H2,1-3H3,(H,31,32);/q;+1/p-1/t12-,13+,14?,15?,16?,17+,19-,20+,21?,22?,24-,25+,26+;/m1./s1. The fraction of sp³-hybridized carbons (Fsp3) is 0.923. The van der Waals surface area contributed by atoms with Crippen LogP contribution < -0.4 is 34.7 Å². The first-order valence-corrected chi connectivity index (χ1v) is 13.1. The maximum absolute atomic E-state index is 12.7. The molecule has 5 rings (SSSR count). The molecule has 0 aromatic carbocycles. The molecule has 0 radical (unpaired) electrons. The summed E-state index contributed by atoms with van der Waals surface area (Å²) < 4.78 is 11.4. The van der Waals surface area contributed by atoms with E-state index in [0.29, 0.717) is 29.5 Å². The van der Waals surface area contributed by atoms with Gasteiger partial charge in [0.05, 0.1) is 12.1 Å². The summed E-state index contributed by atoms with van der Waals surface area (Å²) in [5, 5.41) is 41.8. The smallest absolute Gasteiger partial charge is 0.547 e. The average molecular weight is 503 g/mol. The van der Waals surface area contributed by atoms with Gasteiger partial charge in [0.25, 0.3) is 0 Å². The molecule has 5 unspecified atom stereocenters. The number of carbonyl (C=O) groups excluding carboxylic acids is 2. The monoisotopic (exact) mass is 502 g/mol. The molecule has 5 aliphatic rings. The van der Waals surface area contributed by atoms with Crippen molar-refractivity contribution in [3.8, 4) is 0 Å². The summed E-state index contributed by atoms with van der Waals surface area (Å²) >= 11 is 0. The van der Waals surface area contributed by atoms with E-state index in [0.717, 1.165) is 51.4 Å². The van der Waals surface area contributed by atoms with E-state index >= 15 is 0 Å². The minimum absolute atomic E-state index is 0. The van der Waals surface area contributed by atoms with Gasteiger partial charge >= 0.3 is 29.6 Å². The Balaban J connectivity index is 0.00000289. The molecule has 0 aromatic rings. The Morgan fingerprint density at radius 1 is 1.06 bits per heavy atom. The molecule has 35 heavy (non-hydrogen) atoms. The molecule has 13 atom stereocenters. The fourth-order valence-corrected chi connectivity index (χ4v) is 8.87. The second kappa shape index (κ2) is 9.92. The van der Waals surface area contributed by atoms with E-state index in [1.165, 1.54) is 0 Å². The van der Waals surface area contributed by atoms with Gasteiger partial charge in [-0.1, -0.05) is 20.8 Å². The molecule has 1 aliphatic heterocycles. The molecule has 192 valence electrons. The molecular weight excluding hydrogens is 463 g/mol. The molecule has 0 bridgehead atoms. The van der Waals surface area contributed by atoms with E-state index in [1.54, 1.807) is 0 Å². The SMILES string of the molecule is C[C@@H]1C[C@]2(C)C3CC[C@]4(C)C(=O)CCC4C3CC[C@H]2C[C@@H]1O[C@@H]1OC(C(=O)[O-])[C@@H](O)[C@@H](O)C1O.[Na+]. The fourth-order valence-electron chi connectivity index (χ4n) is 8.87. The topological polar surface area (TPSA) is 136 Å². The number of aliphatic carboxylic acids is 1. The van der Waals surface area contributed by atoms with Crippen LogP contribution in [0.1, 0.15) is 72.1 Å². The predicted molar refractivity (Wildman–Crippen MR) is 118 cm³/mol. The Bertz CT molecular complexity index is 838. The van der Waals surface area contributed by atoms with Crippen LogP contribution in [0.3, 0.4) is 0 Å². The van der Waals surface area contributed by atoms with Crippen molar-refractivity contribution in [2.24, 2.45) is 40.4 Å². The molecule has 3 N–H and O–H groups in total. The summed E-state index contributed by atoms with van der Waals surface area (Å²) in [4.78, 5) is 24.0. The van der Waals surface area contributed by atoms with Crippen molar-refractivity contribution in [1.82, 2.24) is 0 Å². The van der Waals surface area contributed by atoms with Crippen molar-refractivity contribution in [2.45, 2.75) is 109 Å². The number of hydrogen-bond donors (Lipinski definition) is 3. The van der Waals surface area contributed by atoms with Crippen molar-refractivity contribution in [1.29, 1.82) is 0 Å². The van der Waals surface area contributed by atoms with Gasteiger partial charge in [-0.15, -0.1) is 0 Å². The maximum atomic E-state index is 12.7. The first-order valence-electron chi connectivity index (χ1n) is 13.1. The molecule has 5 fully saturated rings. The Kier molecular flexibility index (Phi) is 7.92. The first-order chi connectivity index (χ1) is 16.0. The number of ketones is 1. The molecule has 9 heteroatoms. The van der Waals surface area contributed by atoms with Crippen molar-refractivity contribution >= 4 is 11.8 Å². The van der Waals surface area contributed by atoms with Crippen molar-refractivity contribution in [3.63, 3.8) is 0 Å². The van der Waals surface area contributed by atoms with Crippen LogP contribution in [-0.4, -0.2) is 63.9 Å². The van der Waals surface area contributed by atoms with Gasteiger partial charge in [0.1, 0.15) is 30.2 Å². The Labute approximate surface area is 229 Å². The van der Waals surface area contributed by atoms with Crippen molar-refractivity contribution in [3.05, 3.63) is 0 Å². The van der Waals surface area contributed by atoms with Crippen LogP contribution in [0.4, 0.5) is 0 Å². The number of aliphatic hydroxyl groups is 3. The van der Waals surface area contributed by atoms with Crippen LogP contribution in [0.2, 0.25) is 0 Å². The molecule has 0 aromatic heterocycles. The quantitative estimate of drug-likeness (QED) is 0.292. The van der Waals surface area contributed by atoms with Gasteiger partial charge in [-0.3, -0.25) is 4.79 Å².